The predicted molar refractivity (Wildman–Crippen MR) is 97.5 cm³/mol. The van der Waals surface area contributed by atoms with E-state index in [4.69, 9.17) is 21.1 Å². The number of hydrogen-bond donors (Lipinski definition) is 1. The molecule has 0 aliphatic rings. The lowest BCUT2D eigenvalue weighted by molar-refractivity contribution is -0.171. The minimum atomic E-state index is -5.20. The molecular weight excluding hydrogens is 452 g/mol. The quantitative estimate of drug-likeness (QED) is 0.361. The molecule has 1 aromatic heterocycles. The van der Waals surface area contributed by atoms with Crippen LogP contribution in [-0.2, 0) is 19.1 Å². The van der Waals surface area contributed by atoms with E-state index in [1.807, 2.05) is 5.32 Å². The Morgan fingerprint density at radius 1 is 1.19 bits per heavy atom. The van der Waals surface area contributed by atoms with Gasteiger partial charge in [0.25, 0.3) is 5.88 Å². The van der Waals surface area contributed by atoms with Crippen molar-refractivity contribution in [1.82, 2.24) is 4.98 Å². The number of Topliss-reactive ketones (excluding diaryl/α,β-unsaturated/α-hetero) is 1. The van der Waals surface area contributed by atoms with Crippen molar-refractivity contribution >= 4 is 34.9 Å². The Labute approximate surface area is 177 Å². The standard InChI is InChI=1S/C18H13ClF4N2O6/c1-29-16(28)8-30-17-12(3-2-4-24-17)31-13-6-11(10(20)5-9(13)19)25-15(27)7-14(26)18(21,22)23/h2-6H,7-8H2,1H3,(H,25,27). The van der Waals surface area contributed by atoms with Gasteiger partial charge in [0.1, 0.15) is 11.6 Å². The summed E-state index contributed by atoms with van der Waals surface area (Å²) in [6, 6.07) is 4.46. The first kappa shape index (κ1) is 23.9. The van der Waals surface area contributed by atoms with Gasteiger partial charge in [-0.1, -0.05) is 11.6 Å². The molecule has 1 N–H and O–H groups in total. The Morgan fingerprint density at radius 2 is 1.90 bits per heavy atom. The van der Waals surface area contributed by atoms with Crippen LogP contribution in [0.2, 0.25) is 5.02 Å². The van der Waals surface area contributed by atoms with E-state index in [1.54, 1.807) is 0 Å². The zero-order chi connectivity index (χ0) is 23.2. The van der Waals surface area contributed by atoms with E-state index in [2.05, 4.69) is 9.72 Å². The summed E-state index contributed by atoms with van der Waals surface area (Å²) in [6.07, 6.45) is -5.41. The second-order valence-electron chi connectivity index (χ2n) is 5.68. The van der Waals surface area contributed by atoms with E-state index in [0.29, 0.717) is 0 Å². The van der Waals surface area contributed by atoms with Gasteiger partial charge in [0.2, 0.25) is 11.7 Å². The molecule has 0 aliphatic heterocycles. The number of alkyl halides is 3. The Kier molecular flexibility index (Phi) is 7.75. The molecule has 1 amide bonds. The van der Waals surface area contributed by atoms with Gasteiger partial charge >= 0.3 is 12.1 Å². The highest BCUT2D eigenvalue weighted by Crippen LogP contribution is 2.36. The SMILES string of the molecule is COC(=O)COc1ncccc1Oc1cc(NC(=O)CC(=O)C(F)(F)F)c(F)cc1Cl. The maximum Gasteiger partial charge on any atom is 0.450 e. The molecule has 2 aromatic rings. The van der Waals surface area contributed by atoms with E-state index in [-0.39, 0.29) is 22.4 Å². The number of benzene rings is 1. The van der Waals surface area contributed by atoms with E-state index >= 15 is 0 Å². The van der Waals surface area contributed by atoms with Crippen LogP contribution in [0.3, 0.4) is 0 Å². The molecule has 0 saturated carbocycles. The van der Waals surface area contributed by atoms with Crippen LogP contribution in [0, 0.1) is 5.82 Å². The molecule has 0 fully saturated rings. The van der Waals surface area contributed by atoms with Crippen molar-refractivity contribution in [2.75, 3.05) is 19.0 Å². The third kappa shape index (κ3) is 6.81. The molecule has 0 saturated heterocycles. The number of anilines is 1. The van der Waals surface area contributed by atoms with Crippen LogP contribution in [-0.4, -0.2) is 42.5 Å². The summed E-state index contributed by atoms with van der Waals surface area (Å²) in [5, 5.41) is 1.59. The number of ether oxygens (including phenoxy) is 3. The summed E-state index contributed by atoms with van der Waals surface area (Å²) in [4.78, 5) is 37.7. The second-order valence-corrected chi connectivity index (χ2v) is 6.09. The number of halogens is 5. The fourth-order valence-electron chi connectivity index (χ4n) is 2.01. The number of hydrogen-bond acceptors (Lipinski definition) is 7. The lowest BCUT2D eigenvalue weighted by Gasteiger charge is -2.14. The minimum Gasteiger partial charge on any atom is -0.466 e. The van der Waals surface area contributed by atoms with Crippen LogP contribution in [0.1, 0.15) is 6.42 Å². The molecule has 0 atom stereocenters. The molecule has 0 spiro atoms. The number of nitrogens with one attached hydrogen (secondary N) is 1. The lowest BCUT2D eigenvalue weighted by Crippen LogP contribution is -2.28. The van der Waals surface area contributed by atoms with Gasteiger partial charge in [-0.25, -0.2) is 14.2 Å². The number of ketones is 1. The molecule has 1 heterocycles. The summed E-state index contributed by atoms with van der Waals surface area (Å²) in [6.45, 7) is -0.491. The molecule has 8 nitrogen and oxygen atoms in total. The van der Waals surface area contributed by atoms with E-state index in [1.165, 1.54) is 18.3 Å². The molecule has 0 aliphatic carbocycles. The van der Waals surface area contributed by atoms with Crippen LogP contribution < -0.4 is 14.8 Å². The highest BCUT2D eigenvalue weighted by Gasteiger charge is 2.39. The van der Waals surface area contributed by atoms with Gasteiger partial charge < -0.3 is 19.5 Å². The molecule has 13 heteroatoms. The first-order chi connectivity index (χ1) is 14.5. The molecule has 0 radical (unpaired) electrons. The van der Waals surface area contributed by atoms with Crippen molar-refractivity contribution in [3.63, 3.8) is 0 Å². The Hall–Kier alpha value is -3.41. The first-order valence-corrected chi connectivity index (χ1v) is 8.60. The minimum absolute atomic E-state index is 0.0514. The summed E-state index contributed by atoms with van der Waals surface area (Å²) < 4.78 is 66.0. The fraction of sp³-hybridized carbons (Fsp3) is 0.222. The Balaban J connectivity index is 2.21. The number of methoxy groups -OCH3 is 1. The zero-order valence-electron chi connectivity index (χ0n) is 15.6. The van der Waals surface area contributed by atoms with Crippen molar-refractivity contribution < 1.29 is 46.2 Å². The topological polar surface area (TPSA) is 104 Å². The van der Waals surface area contributed by atoms with Crippen molar-refractivity contribution in [1.29, 1.82) is 0 Å². The summed E-state index contributed by atoms with van der Waals surface area (Å²) in [7, 11) is 1.15. The summed E-state index contributed by atoms with van der Waals surface area (Å²) in [5.41, 5.74) is -0.583. The highest BCUT2D eigenvalue weighted by atomic mass is 35.5. The normalized spacial score (nSPS) is 10.9. The van der Waals surface area contributed by atoms with Crippen LogP contribution >= 0.6 is 11.6 Å². The highest BCUT2D eigenvalue weighted by molar-refractivity contribution is 6.32. The number of nitrogens with zero attached hydrogens (tertiary/aromatic N) is 1. The van der Waals surface area contributed by atoms with Crippen LogP contribution in [0.4, 0.5) is 23.2 Å². The van der Waals surface area contributed by atoms with Gasteiger partial charge in [-0.2, -0.15) is 13.2 Å². The Morgan fingerprint density at radius 3 is 2.55 bits per heavy atom. The van der Waals surface area contributed by atoms with Gasteiger partial charge in [-0.05, 0) is 18.2 Å². The van der Waals surface area contributed by atoms with Gasteiger partial charge in [-0.3, -0.25) is 9.59 Å². The molecule has 1 aromatic carbocycles. The average Bonchev–Trinajstić information content (AvgIpc) is 2.69. The smallest absolute Gasteiger partial charge is 0.450 e. The van der Waals surface area contributed by atoms with Gasteiger partial charge in [-0.15, -0.1) is 0 Å². The largest absolute Gasteiger partial charge is 0.466 e. The number of rotatable bonds is 8. The number of pyridine rings is 1. The molecule has 31 heavy (non-hydrogen) atoms. The monoisotopic (exact) mass is 464 g/mol. The van der Waals surface area contributed by atoms with Crippen LogP contribution in [0.15, 0.2) is 30.5 Å². The van der Waals surface area contributed by atoms with Crippen molar-refractivity contribution in [2.45, 2.75) is 12.6 Å². The molecule has 0 bridgehead atoms. The van der Waals surface area contributed by atoms with E-state index in [9.17, 15) is 31.9 Å². The van der Waals surface area contributed by atoms with Gasteiger partial charge in [0.15, 0.2) is 12.4 Å². The third-order valence-electron chi connectivity index (χ3n) is 3.44. The maximum absolute atomic E-state index is 14.1. The fourth-order valence-corrected chi connectivity index (χ4v) is 2.20. The Bertz CT molecular complexity index is 1000. The van der Waals surface area contributed by atoms with Crippen LogP contribution in [0.25, 0.3) is 0 Å². The van der Waals surface area contributed by atoms with E-state index in [0.717, 1.165) is 19.2 Å². The van der Waals surface area contributed by atoms with Crippen molar-refractivity contribution in [3.8, 4) is 17.4 Å². The first-order valence-electron chi connectivity index (χ1n) is 8.22. The molecular formula is C18H13ClF4N2O6. The third-order valence-corrected chi connectivity index (χ3v) is 3.74. The number of carbonyl (C=O) groups is 3. The van der Waals surface area contributed by atoms with E-state index < -0.39 is 48.4 Å². The lowest BCUT2D eigenvalue weighted by atomic mass is 10.2. The van der Waals surface area contributed by atoms with Crippen molar-refractivity contribution in [3.05, 3.63) is 41.3 Å². The summed E-state index contributed by atoms with van der Waals surface area (Å²) in [5.74, 6) is -5.89. The maximum atomic E-state index is 14.1. The number of amides is 1. The number of esters is 1. The second kappa shape index (κ2) is 10.1. The van der Waals surface area contributed by atoms with Gasteiger partial charge in [0.05, 0.1) is 24.2 Å². The number of carbonyl (C=O) groups excluding carboxylic acids is 3. The summed E-state index contributed by atoms with van der Waals surface area (Å²) >= 11 is 5.92. The average molecular weight is 465 g/mol. The predicted octanol–water partition coefficient (Wildman–Crippen LogP) is 3.68. The molecule has 2 rings (SSSR count). The van der Waals surface area contributed by atoms with Gasteiger partial charge in [0, 0.05) is 12.3 Å². The van der Waals surface area contributed by atoms with Crippen molar-refractivity contribution in [2.24, 2.45) is 0 Å². The van der Waals surface area contributed by atoms with Crippen LogP contribution in [0.5, 0.6) is 17.4 Å². The number of aromatic nitrogens is 1. The zero-order valence-corrected chi connectivity index (χ0v) is 16.3. The molecule has 0 unspecified atom stereocenters. The molecule has 166 valence electrons.